The van der Waals surface area contributed by atoms with Crippen LogP contribution >= 0.6 is 15.9 Å². The molecule has 3 aromatic rings. The molecule has 1 aromatic heterocycles. The van der Waals surface area contributed by atoms with Gasteiger partial charge in [-0.15, -0.1) is 0 Å². The number of hydrogen-bond donors (Lipinski definition) is 1. The fourth-order valence-corrected chi connectivity index (χ4v) is 4.04. The van der Waals surface area contributed by atoms with Gasteiger partial charge in [-0.2, -0.15) is 5.10 Å². The fourth-order valence-electron chi connectivity index (χ4n) is 3.73. The van der Waals surface area contributed by atoms with Crippen molar-refractivity contribution in [2.75, 3.05) is 26.2 Å². The molecule has 2 aromatic carbocycles. The van der Waals surface area contributed by atoms with Crippen LogP contribution in [0, 0.1) is 6.92 Å². The van der Waals surface area contributed by atoms with E-state index >= 15 is 0 Å². The third-order valence-electron chi connectivity index (χ3n) is 5.57. The Hall–Kier alpha value is -2.74. The van der Waals surface area contributed by atoms with Crippen LogP contribution in [0.1, 0.15) is 33.0 Å². The highest BCUT2D eigenvalue weighted by Gasteiger charge is 2.17. The van der Waals surface area contributed by atoms with Crippen LogP contribution in [-0.4, -0.2) is 48.1 Å². The highest BCUT2D eigenvalue weighted by Crippen LogP contribution is 2.19. The van der Waals surface area contributed by atoms with Gasteiger partial charge < -0.3 is 4.42 Å². The standard InChI is InChI=1S/C25H27BrN4O2/c1-19-24(26)15-23(32-19)16-27-28-25(31)22-9-7-21(8-10-22)18-30-13-11-29(12-14-30)17-20-5-3-2-4-6-20/h2-10,15-16H,11-14,17-18H2,1H3,(H,28,31)/b27-16-. The Morgan fingerprint density at radius 2 is 1.59 bits per heavy atom. The first-order valence-corrected chi connectivity index (χ1v) is 11.5. The van der Waals surface area contributed by atoms with Crippen LogP contribution in [0.4, 0.5) is 0 Å². The molecule has 7 heteroatoms. The van der Waals surface area contributed by atoms with Crippen LogP contribution < -0.4 is 5.43 Å². The number of rotatable bonds is 7. The second kappa shape index (κ2) is 10.7. The number of nitrogens with one attached hydrogen (secondary N) is 1. The Labute approximate surface area is 197 Å². The number of nitrogens with zero attached hydrogens (tertiary/aromatic N) is 3. The number of piperazine rings is 1. The largest absolute Gasteiger partial charge is 0.459 e. The molecule has 4 rings (SSSR count). The van der Waals surface area contributed by atoms with Gasteiger partial charge in [0, 0.05) is 50.9 Å². The van der Waals surface area contributed by atoms with Crippen molar-refractivity contribution in [1.29, 1.82) is 0 Å². The van der Waals surface area contributed by atoms with Crippen molar-refractivity contribution in [3.05, 3.63) is 93.3 Å². The van der Waals surface area contributed by atoms with Crippen LogP contribution in [0.2, 0.25) is 0 Å². The number of furan rings is 1. The molecule has 1 fully saturated rings. The quantitative estimate of drug-likeness (QED) is 0.389. The van der Waals surface area contributed by atoms with Crippen LogP contribution in [0.25, 0.3) is 0 Å². The van der Waals surface area contributed by atoms with Crippen LogP contribution in [0.5, 0.6) is 0 Å². The number of amides is 1. The third kappa shape index (κ3) is 6.16. The first kappa shape index (κ1) is 22.5. The molecule has 0 bridgehead atoms. The molecule has 1 aliphatic heterocycles. The summed E-state index contributed by atoms with van der Waals surface area (Å²) < 4.78 is 6.34. The van der Waals surface area contributed by atoms with E-state index in [9.17, 15) is 4.79 Å². The zero-order chi connectivity index (χ0) is 22.3. The van der Waals surface area contributed by atoms with Gasteiger partial charge in [0.25, 0.3) is 5.91 Å². The number of halogens is 1. The third-order valence-corrected chi connectivity index (χ3v) is 6.36. The van der Waals surface area contributed by atoms with Crippen LogP contribution in [0.15, 0.2) is 74.7 Å². The zero-order valence-corrected chi connectivity index (χ0v) is 19.7. The normalized spacial score (nSPS) is 15.3. The lowest BCUT2D eigenvalue weighted by molar-refractivity contribution is 0.0955. The Bertz CT molecular complexity index is 1040. The molecule has 0 saturated carbocycles. The maximum atomic E-state index is 12.3. The van der Waals surface area contributed by atoms with Crippen molar-refractivity contribution >= 4 is 28.1 Å². The monoisotopic (exact) mass is 494 g/mol. The minimum Gasteiger partial charge on any atom is -0.459 e. The Morgan fingerprint density at radius 1 is 1.00 bits per heavy atom. The second-order valence-electron chi connectivity index (χ2n) is 7.99. The summed E-state index contributed by atoms with van der Waals surface area (Å²) in [5.41, 5.74) is 5.69. The van der Waals surface area contributed by atoms with E-state index in [1.807, 2.05) is 31.2 Å². The molecule has 2 heterocycles. The molecule has 0 aliphatic carbocycles. The number of hydrogen-bond acceptors (Lipinski definition) is 5. The molecule has 1 amide bonds. The summed E-state index contributed by atoms with van der Waals surface area (Å²) in [6.45, 7) is 7.99. The van der Waals surface area contributed by atoms with Gasteiger partial charge >= 0.3 is 0 Å². The van der Waals surface area contributed by atoms with Crippen LogP contribution in [0.3, 0.4) is 0 Å². The topological polar surface area (TPSA) is 61.1 Å². The molecule has 1 saturated heterocycles. The molecular formula is C25H27BrN4O2. The molecule has 0 atom stereocenters. The maximum absolute atomic E-state index is 12.3. The molecule has 1 N–H and O–H groups in total. The number of hydrazone groups is 1. The molecule has 166 valence electrons. The first-order chi connectivity index (χ1) is 15.6. The van der Waals surface area contributed by atoms with E-state index in [1.165, 1.54) is 17.3 Å². The summed E-state index contributed by atoms with van der Waals surface area (Å²) in [5, 5.41) is 3.97. The minimum absolute atomic E-state index is 0.246. The second-order valence-corrected chi connectivity index (χ2v) is 8.84. The number of aryl methyl sites for hydroxylation is 1. The van der Waals surface area contributed by atoms with E-state index in [4.69, 9.17) is 4.42 Å². The SMILES string of the molecule is Cc1oc(/C=N\NC(=O)c2ccc(CN3CCN(Cc4ccccc4)CC3)cc2)cc1Br. The lowest BCUT2D eigenvalue weighted by Crippen LogP contribution is -2.45. The summed E-state index contributed by atoms with van der Waals surface area (Å²) in [4.78, 5) is 17.3. The molecule has 0 unspecified atom stereocenters. The summed E-state index contributed by atoms with van der Waals surface area (Å²) in [5.74, 6) is 1.10. The molecule has 0 spiro atoms. The summed E-state index contributed by atoms with van der Waals surface area (Å²) in [6, 6.07) is 20.2. The maximum Gasteiger partial charge on any atom is 0.271 e. The first-order valence-electron chi connectivity index (χ1n) is 10.7. The van der Waals surface area contributed by atoms with E-state index < -0.39 is 0 Å². The molecule has 6 nitrogen and oxygen atoms in total. The van der Waals surface area contributed by atoms with Crippen molar-refractivity contribution < 1.29 is 9.21 Å². The number of benzene rings is 2. The van der Waals surface area contributed by atoms with Gasteiger partial charge in [-0.1, -0.05) is 42.5 Å². The van der Waals surface area contributed by atoms with Crippen molar-refractivity contribution in [1.82, 2.24) is 15.2 Å². The Balaban J connectivity index is 1.23. The molecule has 0 radical (unpaired) electrons. The number of carbonyl (C=O) groups excluding carboxylic acids is 1. The lowest BCUT2D eigenvalue weighted by Gasteiger charge is -2.34. The Morgan fingerprint density at radius 3 is 2.16 bits per heavy atom. The highest BCUT2D eigenvalue weighted by molar-refractivity contribution is 9.10. The van der Waals surface area contributed by atoms with E-state index in [-0.39, 0.29) is 5.91 Å². The van der Waals surface area contributed by atoms with E-state index in [1.54, 1.807) is 6.07 Å². The molecule has 1 aliphatic rings. The molecular weight excluding hydrogens is 468 g/mol. The zero-order valence-electron chi connectivity index (χ0n) is 18.1. The van der Waals surface area contributed by atoms with Crippen molar-refractivity contribution in [3.63, 3.8) is 0 Å². The van der Waals surface area contributed by atoms with Gasteiger partial charge in [-0.25, -0.2) is 5.43 Å². The lowest BCUT2D eigenvalue weighted by atomic mass is 10.1. The van der Waals surface area contributed by atoms with Crippen molar-refractivity contribution in [2.24, 2.45) is 5.10 Å². The van der Waals surface area contributed by atoms with E-state index in [0.29, 0.717) is 11.3 Å². The smallest absolute Gasteiger partial charge is 0.271 e. The average Bonchev–Trinajstić information content (AvgIpc) is 3.13. The highest BCUT2D eigenvalue weighted by atomic mass is 79.9. The van der Waals surface area contributed by atoms with Crippen LogP contribution in [-0.2, 0) is 13.1 Å². The van der Waals surface area contributed by atoms with Gasteiger partial charge in [-0.3, -0.25) is 14.6 Å². The van der Waals surface area contributed by atoms with Crippen molar-refractivity contribution in [3.8, 4) is 0 Å². The fraction of sp³-hybridized carbons (Fsp3) is 0.280. The summed E-state index contributed by atoms with van der Waals surface area (Å²) >= 11 is 3.38. The molecule has 32 heavy (non-hydrogen) atoms. The minimum atomic E-state index is -0.246. The summed E-state index contributed by atoms with van der Waals surface area (Å²) in [7, 11) is 0. The van der Waals surface area contributed by atoms with Gasteiger partial charge in [0.1, 0.15) is 11.5 Å². The van der Waals surface area contributed by atoms with Crippen molar-refractivity contribution in [2.45, 2.75) is 20.0 Å². The van der Waals surface area contributed by atoms with Gasteiger partial charge in [0.15, 0.2) is 0 Å². The van der Waals surface area contributed by atoms with E-state index in [0.717, 1.165) is 49.5 Å². The van der Waals surface area contributed by atoms with Gasteiger partial charge in [0.05, 0.1) is 10.7 Å². The summed E-state index contributed by atoms with van der Waals surface area (Å²) in [6.07, 6.45) is 1.49. The number of carbonyl (C=O) groups is 1. The predicted octanol–water partition coefficient (Wildman–Crippen LogP) is 4.43. The predicted molar refractivity (Wildman–Crippen MR) is 130 cm³/mol. The average molecular weight is 495 g/mol. The Kier molecular flexibility index (Phi) is 7.52. The van der Waals surface area contributed by atoms with Gasteiger partial charge in [-0.05, 0) is 46.1 Å². The van der Waals surface area contributed by atoms with Gasteiger partial charge in [0.2, 0.25) is 0 Å². The van der Waals surface area contributed by atoms with E-state index in [2.05, 4.69) is 66.6 Å².